The SMILES string of the molecule is COc1ccc(CCNC(=O)c2cc3cc(N(C)S(=O)(=O)c4ccc(F)cc4)ccc3s2)cc1OC. The van der Waals surface area contributed by atoms with Crippen molar-refractivity contribution in [3.8, 4) is 11.5 Å². The number of carbonyl (C=O) groups is 1. The van der Waals surface area contributed by atoms with Gasteiger partial charge in [0, 0.05) is 18.3 Å². The van der Waals surface area contributed by atoms with Crippen molar-refractivity contribution in [2.75, 3.05) is 32.1 Å². The Labute approximate surface area is 213 Å². The van der Waals surface area contributed by atoms with Crippen LogP contribution in [0.25, 0.3) is 10.1 Å². The molecule has 0 aliphatic heterocycles. The molecule has 0 spiro atoms. The minimum atomic E-state index is -3.86. The van der Waals surface area contributed by atoms with E-state index >= 15 is 0 Å². The number of nitrogens with zero attached hydrogens (tertiary/aromatic N) is 1. The number of methoxy groups -OCH3 is 2. The number of rotatable bonds is 9. The first-order chi connectivity index (χ1) is 17.2. The largest absolute Gasteiger partial charge is 0.493 e. The normalized spacial score (nSPS) is 11.3. The highest BCUT2D eigenvalue weighted by Gasteiger charge is 2.22. The second-order valence-corrected chi connectivity index (χ2v) is 11.0. The van der Waals surface area contributed by atoms with E-state index < -0.39 is 15.8 Å². The van der Waals surface area contributed by atoms with Crippen molar-refractivity contribution in [2.24, 2.45) is 0 Å². The number of hydrogen-bond acceptors (Lipinski definition) is 6. The quantitative estimate of drug-likeness (QED) is 0.336. The molecule has 0 radical (unpaired) electrons. The van der Waals surface area contributed by atoms with Gasteiger partial charge in [0.2, 0.25) is 0 Å². The lowest BCUT2D eigenvalue weighted by Gasteiger charge is -2.19. The summed E-state index contributed by atoms with van der Waals surface area (Å²) < 4.78 is 51.6. The van der Waals surface area contributed by atoms with E-state index in [1.807, 2.05) is 18.2 Å². The first kappa shape index (κ1) is 25.5. The van der Waals surface area contributed by atoms with Gasteiger partial charge in [-0.3, -0.25) is 9.10 Å². The number of thiophene rings is 1. The number of anilines is 1. The highest BCUT2D eigenvalue weighted by molar-refractivity contribution is 7.92. The molecule has 1 amide bonds. The number of carbonyl (C=O) groups excluding carboxylic acids is 1. The van der Waals surface area contributed by atoms with Crippen molar-refractivity contribution in [1.82, 2.24) is 5.32 Å². The highest BCUT2D eigenvalue weighted by Crippen LogP contribution is 2.31. The van der Waals surface area contributed by atoms with Crippen molar-refractivity contribution < 1.29 is 27.1 Å². The molecule has 36 heavy (non-hydrogen) atoms. The molecule has 0 aliphatic carbocycles. The number of sulfonamides is 1. The molecular weight excluding hydrogens is 503 g/mol. The monoisotopic (exact) mass is 528 g/mol. The number of halogens is 1. The predicted molar refractivity (Wildman–Crippen MR) is 139 cm³/mol. The van der Waals surface area contributed by atoms with E-state index in [1.54, 1.807) is 38.5 Å². The van der Waals surface area contributed by atoms with E-state index in [4.69, 9.17) is 9.47 Å². The Hall–Kier alpha value is -3.63. The average molecular weight is 529 g/mol. The van der Waals surface area contributed by atoms with E-state index in [1.165, 1.54) is 30.5 Å². The van der Waals surface area contributed by atoms with E-state index in [9.17, 15) is 17.6 Å². The summed E-state index contributed by atoms with van der Waals surface area (Å²) in [4.78, 5) is 13.3. The molecule has 0 atom stereocenters. The molecule has 4 aromatic rings. The summed E-state index contributed by atoms with van der Waals surface area (Å²) >= 11 is 1.33. The number of benzene rings is 3. The third-order valence-corrected chi connectivity index (χ3v) is 8.62. The van der Waals surface area contributed by atoms with Crippen LogP contribution in [0.15, 0.2) is 71.6 Å². The van der Waals surface area contributed by atoms with E-state index in [0.717, 1.165) is 32.1 Å². The highest BCUT2D eigenvalue weighted by atomic mass is 32.2. The van der Waals surface area contributed by atoms with Crippen molar-refractivity contribution >= 4 is 43.0 Å². The Bertz CT molecular complexity index is 1500. The average Bonchev–Trinajstić information content (AvgIpc) is 3.32. The molecule has 1 heterocycles. The summed E-state index contributed by atoms with van der Waals surface area (Å²) in [5.74, 6) is 0.565. The van der Waals surface area contributed by atoms with Gasteiger partial charge in [0.15, 0.2) is 11.5 Å². The van der Waals surface area contributed by atoms with Crippen molar-refractivity contribution in [2.45, 2.75) is 11.3 Å². The Balaban J connectivity index is 1.45. The summed E-state index contributed by atoms with van der Waals surface area (Å²) in [6, 6.07) is 17.2. The first-order valence-electron chi connectivity index (χ1n) is 11.0. The van der Waals surface area contributed by atoms with Gasteiger partial charge >= 0.3 is 0 Å². The van der Waals surface area contributed by atoms with Crippen molar-refractivity contribution in [3.63, 3.8) is 0 Å². The zero-order chi connectivity index (χ0) is 25.9. The summed E-state index contributed by atoms with van der Waals surface area (Å²) in [7, 11) is 0.731. The van der Waals surface area contributed by atoms with Gasteiger partial charge in [0.1, 0.15) is 5.82 Å². The predicted octanol–water partition coefficient (Wildman–Crippen LogP) is 4.86. The van der Waals surface area contributed by atoms with Gasteiger partial charge in [-0.1, -0.05) is 6.07 Å². The molecule has 7 nitrogen and oxygen atoms in total. The molecule has 0 saturated carbocycles. The molecule has 4 rings (SSSR count). The van der Waals surface area contributed by atoms with Crippen LogP contribution in [-0.2, 0) is 16.4 Å². The first-order valence-corrected chi connectivity index (χ1v) is 13.3. The molecular formula is C26H25FN2O5S2. The Morgan fingerprint density at radius 3 is 2.39 bits per heavy atom. The van der Waals surface area contributed by atoms with Gasteiger partial charge in [0.05, 0.1) is 29.7 Å². The number of ether oxygens (including phenoxy) is 2. The minimum absolute atomic E-state index is 0.00800. The Morgan fingerprint density at radius 2 is 1.69 bits per heavy atom. The smallest absolute Gasteiger partial charge is 0.264 e. The van der Waals surface area contributed by atoms with Crippen LogP contribution in [0.4, 0.5) is 10.1 Å². The van der Waals surface area contributed by atoms with Crippen LogP contribution in [-0.4, -0.2) is 42.1 Å². The molecule has 3 aromatic carbocycles. The standard InChI is InChI=1S/C26H25FN2O5S2/c1-29(36(31,32)21-8-5-19(27)6-9-21)20-7-11-24-18(15-20)16-25(35-24)26(30)28-13-12-17-4-10-22(33-2)23(14-17)34-3/h4-11,14-16H,12-13H2,1-3H3,(H,28,30). The summed E-state index contributed by atoms with van der Waals surface area (Å²) in [5.41, 5.74) is 1.43. The van der Waals surface area contributed by atoms with Crippen LogP contribution in [0, 0.1) is 5.82 Å². The van der Waals surface area contributed by atoms with Gasteiger partial charge in [0.25, 0.3) is 15.9 Å². The molecule has 1 N–H and O–H groups in total. The molecule has 0 saturated heterocycles. The third-order valence-electron chi connectivity index (χ3n) is 5.71. The fraction of sp³-hybridized carbons (Fsp3) is 0.192. The van der Waals surface area contributed by atoms with Gasteiger partial charge in [-0.05, 0) is 78.0 Å². The van der Waals surface area contributed by atoms with E-state index in [-0.39, 0.29) is 10.8 Å². The van der Waals surface area contributed by atoms with Crippen LogP contribution in [0.3, 0.4) is 0 Å². The zero-order valence-corrected chi connectivity index (χ0v) is 21.6. The molecule has 10 heteroatoms. The lowest BCUT2D eigenvalue weighted by molar-refractivity contribution is 0.0958. The molecule has 0 fully saturated rings. The second kappa shape index (κ2) is 10.5. The van der Waals surface area contributed by atoms with E-state index in [2.05, 4.69) is 5.32 Å². The van der Waals surface area contributed by atoms with Crippen molar-refractivity contribution in [1.29, 1.82) is 0 Å². The molecule has 0 aliphatic rings. The fourth-order valence-corrected chi connectivity index (χ4v) is 5.83. The summed E-state index contributed by atoms with van der Waals surface area (Å²) in [5, 5.41) is 3.68. The van der Waals surface area contributed by atoms with Crippen molar-refractivity contribution in [3.05, 3.63) is 83.0 Å². The third kappa shape index (κ3) is 5.29. The summed E-state index contributed by atoms with van der Waals surface area (Å²) in [6.07, 6.45) is 0.618. The zero-order valence-electron chi connectivity index (χ0n) is 19.9. The van der Waals surface area contributed by atoms with Gasteiger partial charge in [-0.25, -0.2) is 12.8 Å². The fourth-order valence-electron chi connectivity index (χ4n) is 3.69. The minimum Gasteiger partial charge on any atom is -0.493 e. The van der Waals surface area contributed by atoms with Crippen LogP contribution in [0.5, 0.6) is 11.5 Å². The van der Waals surface area contributed by atoms with Crippen LogP contribution in [0.2, 0.25) is 0 Å². The van der Waals surface area contributed by atoms with Gasteiger partial charge in [-0.15, -0.1) is 11.3 Å². The van der Waals surface area contributed by atoms with Gasteiger partial charge in [-0.2, -0.15) is 0 Å². The maximum Gasteiger partial charge on any atom is 0.264 e. The Kier molecular flexibility index (Phi) is 7.46. The number of nitrogens with one attached hydrogen (secondary N) is 1. The van der Waals surface area contributed by atoms with Gasteiger partial charge < -0.3 is 14.8 Å². The number of fused-ring (bicyclic) bond motifs is 1. The Morgan fingerprint density at radius 1 is 0.972 bits per heavy atom. The van der Waals surface area contributed by atoms with E-state index in [0.29, 0.717) is 35.0 Å². The molecule has 0 bridgehead atoms. The van der Waals surface area contributed by atoms with Crippen LogP contribution < -0.4 is 19.1 Å². The number of amides is 1. The lowest BCUT2D eigenvalue weighted by Crippen LogP contribution is -2.26. The van der Waals surface area contributed by atoms with Crippen LogP contribution in [0.1, 0.15) is 15.2 Å². The maximum atomic E-state index is 13.2. The lowest BCUT2D eigenvalue weighted by atomic mass is 10.1. The second-order valence-electron chi connectivity index (χ2n) is 7.95. The molecule has 1 aromatic heterocycles. The number of hydrogen-bond donors (Lipinski definition) is 1. The maximum absolute atomic E-state index is 13.2. The summed E-state index contributed by atoms with van der Waals surface area (Å²) in [6.45, 7) is 0.437. The molecule has 0 unspecified atom stereocenters. The molecule has 188 valence electrons. The van der Waals surface area contributed by atoms with Crippen LogP contribution >= 0.6 is 11.3 Å². The topological polar surface area (TPSA) is 84.9 Å².